The van der Waals surface area contributed by atoms with Gasteiger partial charge in [0.15, 0.2) is 6.10 Å². The number of carbonyl (C=O) groups is 2. The second kappa shape index (κ2) is 36.5. The van der Waals surface area contributed by atoms with E-state index in [1.54, 1.807) is 0 Å². The second-order valence-electron chi connectivity index (χ2n) is 15.4. The van der Waals surface area contributed by atoms with Gasteiger partial charge in [0, 0.05) is 12.8 Å². The first-order chi connectivity index (χ1) is 28.8. The summed E-state index contributed by atoms with van der Waals surface area (Å²) in [6.07, 6.45) is 38.3. The third-order valence-corrected chi connectivity index (χ3v) is 11.0. The standard InChI is InChI=1S/C44H78O14P2/c1-3-5-7-9-11-13-15-17-18-19-21-23-25-27-29-33-43(46)53-37-40(38-56-60(51,52)55-36-39(45)35-54-59(48,49)50)57-44(47)34-30-32-42-41(58-42)31-28-26-24-22-20-16-14-12-10-8-6-4-2/h12,14,17-18,20,22,26,28,39-42,45H,3-11,13,15-16,19,21,23-25,27,29-38H2,1-2H3,(H,51,52)(H2,48,49,50)/b14-12-,18-17-,22-20-,28-26-/t39-,40+,41?,42?/m0/s1. The minimum atomic E-state index is -4.87. The molecule has 0 aliphatic carbocycles. The van der Waals surface area contributed by atoms with Crippen LogP contribution >= 0.6 is 15.6 Å². The molecule has 0 aromatic rings. The van der Waals surface area contributed by atoms with Crippen molar-refractivity contribution in [1.82, 2.24) is 0 Å². The van der Waals surface area contributed by atoms with E-state index in [4.69, 9.17) is 28.5 Å². The fraction of sp³-hybridized carbons (Fsp3) is 0.773. The summed E-state index contributed by atoms with van der Waals surface area (Å²) < 4.78 is 53.6. The summed E-state index contributed by atoms with van der Waals surface area (Å²) in [5.74, 6) is -1.12. The average molecular weight is 893 g/mol. The average Bonchev–Trinajstić information content (AvgIpc) is 3.96. The van der Waals surface area contributed by atoms with Gasteiger partial charge in [-0.25, -0.2) is 9.13 Å². The van der Waals surface area contributed by atoms with Crippen LogP contribution in [0.3, 0.4) is 0 Å². The molecule has 0 saturated carbocycles. The molecular formula is C44H78O14P2. The number of hydrogen-bond donors (Lipinski definition) is 4. The Morgan fingerprint density at radius 1 is 0.583 bits per heavy atom. The highest BCUT2D eigenvalue weighted by Crippen LogP contribution is 2.44. The van der Waals surface area contributed by atoms with Crippen LogP contribution in [0.5, 0.6) is 0 Å². The van der Waals surface area contributed by atoms with Gasteiger partial charge in [0.05, 0.1) is 32.0 Å². The van der Waals surface area contributed by atoms with Gasteiger partial charge in [-0.1, -0.05) is 127 Å². The lowest BCUT2D eigenvalue weighted by atomic mass is 10.1. The molecule has 4 N–H and O–H groups in total. The summed E-state index contributed by atoms with van der Waals surface area (Å²) in [6, 6.07) is 0. The predicted octanol–water partition coefficient (Wildman–Crippen LogP) is 10.4. The fourth-order valence-electron chi connectivity index (χ4n) is 6.08. The Balaban J connectivity index is 2.42. The summed E-state index contributed by atoms with van der Waals surface area (Å²) in [5, 5.41) is 9.76. The Kier molecular flexibility index (Phi) is 34.1. The van der Waals surface area contributed by atoms with Gasteiger partial charge in [-0.05, 0) is 77.0 Å². The topological polar surface area (TPSA) is 208 Å². The van der Waals surface area contributed by atoms with Crippen molar-refractivity contribution < 1.29 is 66.3 Å². The summed E-state index contributed by atoms with van der Waals surface area (Å²) in [5.41, 5.74) is 0. The first-order valence-corrected chi connectivity index (χ1v) is 25.5. The fourth-order valence-corrected chi connectivity index (χ4v) is 7.23. The molecule has 1 rings (SSSR count). The maximum absolute atomic E-state index is 12.7. The number of hydrogen-bond acceptors (Lipinski definition) is 11. The maximum atomic E-state index is 12.7. The Bertz CT molecular complexity index is 1310. The number of carbonyl (C=O) groups excluding carboxylic acids is 2. The van der Waals surface area contributed by atoms with Crippen molar-refractivity contribution in [2.45, 2.75) is 192 Å². The van der Waals surface area contributed by atoms with Gasteiger partial charge in [0.1, 0.15) is 12.7 Å². The minimum absolute atomic E-state index is 0.0404. The molecule has 0 radical (unpaired) electrons. The molecule has 348 valence electrons. The Labute approximate surface area is 360 Å². The van der Waals surface area contributed by atoms with E-state index in [-0.39, 0.29) is 25.0 Å². The van der Waals surface area contributed by atoms with Gasteiger partial charge in [-0.2, -0.15) is 0 Å². The van der Waals surface area contributed by atoms with Gasteiger partial charge in [0.25, 0.3) is 0 Å². The minimum Gasteiger partial charge on any atom is -0.462 e. The van der Waals surface area contributed by atoms with Gasteiger partial charge in [-0.3, -0.25) is 23.2 Å². The molecule has 16 heteroatoms. The number of esters is 2. The second-order valence-corrected chi connectivity index (χ2v) is 18.0. The van der Waals surface area contributed by atoms with Crippen LogP contribution in [0.25, 0.3) is 0 Å². The first kappa shape index (κ1) is 56.1. The van der Waals surface area contributed by atoms with E-state index in [0.717, 1.165) is 64.2 Å². The van der Waals surface area contributed by atoms with Crippen molar-refractivity contribution in [3.8, 4) is 0 Å². The molecule has 0 aromatic carbocycles. The van der Waals surface area contributed by atoms with Crippen LogP contribution in [-0.2, 0) is 46.5 Å². The number of aliphatic hydroxyl groups excluding tert-OH is 1. The van der Waals surface area contributed by atoms with E-state index in [9.17, 15) is 28.7 Å². The van der Waals surface area contributed by atoms with Crippen molar-refractivity contribution in [2.75, 3.05) is 26.4 Å². The summed E-state index contributed by atoms with van der Waals surface area (Å²) >= 11 is 0. The van der Waals surface area contributed by atoms with Gasteiger partial charge < -0.3 is 34.0 Å². The molecule has 5 atom stereocenters. The Hall–Kier alpha value is -1.96. The Morgan fingerprint density at radius 3 is 1.73 bits per heavy atom. The van der Waals surface area contributed by atoms with Crippen LogP contribution in [0.15, 0.2) is 48.6 Å². The van der Waals surface area contributed by atoms with E-state index in [1.165, 1.54) is 57.8 Å². The summed E-state index contributed by atoms with van der Waals surface area (Å²) in [7, 11) is -9.71. The monoisotopic (exact) mass is 892 g/mol. The third kappa shape index (κ3) is 36.7. The molecule has 1 heterocycles. The van der Waals surface area contributed by atoms with Gasteiger partial charge >= 0.3 is 27.6 Å². The van der Waals surface area contributed by atoms with Crippen molar-refractivity contribution in [3.05, 3.63) is 48.6 Å². The van der Waals surface area contributed by atoms with Crippen LogP contribution in [0.2, 0.25) is 0 Å². The highest BCUT2D eigenvalue weighted by molar-refractivity contribution is 7.47. The predicted molar refractivity (Wildman–Crippen MR) is 234 cm³/mol. The number of rotatable bonds is 41. The Morgan fingerprint density at radius 2 is 1.08 bits per heavy atom. The van der Waals surface area contributed by atoms with Crippen molar-refractivity contribution >= 4 is 27.6 Å². The summed E-state index contributed by atoms with van der Waals surface area (Å²) in [4.78, 5) is 52.8. The largest absolute Gasteiger partial charge is 0.472 e. The van der Waals surface area contributed by atoms with Gasteiger partial charge in [-0.15, -0.1) is 0 Å². The number of epoxide rings is 1. The van der Waals surface area contributed by atoms with Crippen molar-refractivity contribution in [2.24, 2.45) is 0 Å². The van der Waals surface area contributed by atoms with Gasteiger partial charge in [0.2, 0.25) is 0 Å². The maximum Gasteiger partial charge on any atom is 0.472 e. The lowest BCUT2D eigenvalue weighted by molar-refractivity contribution is -0.161. The zero-order valence-electron chi connectivity index (χ0n) is 36.5. The van der Waals surface area contributed by atoms with Crippen LogP contribution in [0, 0.1) is 0 Å². The van der Waals surface area contributed by atoms with E-state index < -0.39 is 66.2 Å². The van der Waals surface area contributed by atoms with Crippen LogP contribution in [-0.4, -0.2) is 82.6 Å². The SMILES string of the molecule is CCCCC/C=C\C/C=C\C/C=C\CC1OC1CCCC(=O)O[C@H](COC(=O)CCCCCCC/C=C\CCCCCCCC)COP(=O)(O)OC[C@@H](O)COP(=O)(O)O. The number of allylic oxidation sites excluding steroid dienone is 7. The highest BCUT2D eigenvalue weighted by atomic mass is 31.2. The van der Waals surface area contributed by atoms with Crippen molar-refractivity contribution in [1.29, 1.82) is 0 Å². The molecule has 0 bridgehead atoms. The number of ether oxygens (including phenoxy) is 3. The number of phosphoric ester groups is 2. The molecule has 60 heavy (non-hydrogen) atoms. The van der Waals surface area contributed by atoms with Crippen LogP contribution < -0.4 is 0 Å². The highest BCUT2D eigenvalue weighted by Gasteiger charge is 2.37. The molecule has 1 fully saturated rings. The smallest absolute Gasteiger partial charge is 0.462 e. The first-order valence-electron chi connectivity index (χ1n) is 22.5. The third-order valence-electron chi connectivity index (χ3n) is 9.60. The van der Waals surface area contributed by atoms with E-state index in [1.807, 2.05) is 0 Å². The molecule has 0 spiro atoms. The van der Waals surface area contributed by atoms with E-state index >= 15 is 0 Å². The lowest BCUT2D eigenvalue weighted by Crippen LogP contribution is -2.30. The quantitative estimate of drug-likeness (QED) is 0.0148. The molecule has 1 aliphatic heterocycles. The normalized spacial score (nSPS) is 17.8. The zero-order valence-corrected chi connectivity index (χ0v) is 38.3. The number of aliphatic hydroxyl groups is 1. The molecule has 0 amide bonds. The molecule has 14 nitrogen and oxygen atoms in total. The molecule has 1 aliphatic rings. The van der Waals surface area contributed by atoms with Crippen LogP contribution in [0.4, 0.5) is 0 Å². The van der Waals surface area contributed by atoms with Crippen molar-refractivity contribution in [3.63, 3.8) is 0 Å². The summed E-state index contributed by atoms with van der Waals surface area (Å²) in [6.45, 7) is 1.64. The molecular weight excluding hydrogens is 814 g/mol. The lowest BCUT2D eigenvalue weighted by Gasteiger charge is -2.20. The molecule has 3 unspecified atom stereocenters. The van der Waals surface area contributed by atoms with E-state index in [0.29, 0.717) is 19.3 Å². The molecule has 1 saturated heterocycles. The molecule has 0 aromatic heterocycles. The zero-order chi connectivity index (χ0) is 44.2. The number of unbranched alkanes of at least 4 members (excludes halogenated alkanes) is 14. The van der Waals surface area contributed by atoms with Crippen LogP contribution in [0.1, 0.15) is 168 Å². The van der Waals surface area contributed by atoms with E-state index in [2.05, 4.69) is 71.5 Å². The number of phosphoric acid groups is 2.